The van der Waals surface area contributed by atoms with Crippen molar-refractivity contribution in [3.8, 4) is 0 Å². The van der Waals surface area contributed by atoms with E-state index in [9.17, 15) is 19.1 Å². The highest BCUT2D eigenvalue weighted by Gasteiger charge is 2.54. The second-order valence-corrected chi connectivity index (χ2v) is 7.37. The van der Waals surface area contributed by atoms with Crippen LogP contribution in [0.5, 0.6) is 0 Å². The lowest BCUT2D eigenvalue weighted by Crippen LogP contribution is -2.43. The number of halogens is 1. The molecule has 1 N–H and O–H groups in total. The summed E-state index contributed by atoms with van der Waals surface area (Å²) in [5.41, 5.74) is -0.238. The third kappa shape index (κ3) is 3.61. The third-order valence-electron chi connectivity index (χ3n) is 5.95. The molecule has 0 amide bonds. The Hall–Kier alpha value is -1.95. The maximum Gasteiger partial charge on any atom is 0.323 e. The number of aliphatic carboxylic acids is 1. The van der Waals surface area contributed by atoms with Gasteiger partial charge < -0.3 is 14.7 Å². The van der Waals surface area contributed by atoms with Crippen molar-refractivity contribution in [1.82, 2.24) is 4.90 Å². The second-order valence-electron chi connectivity index (χ2n) is 7.37. The first kappa shape index (κ1) is 18.8. The van der Waals surface area contributed by atoms with E-state index in [1.54, 1.807) is 6.92 Å². The molecule has 142 valence electrons. The molecule has 1 aliphatic heterocycles. The molecule has 2 aliphatic rings. The number of hydrogen-bond acceptors (Lipinski definition) is 4. The van der Waals surface area contributed by atoms with Gasteiger partial charge in [0.2, 0.25) is 0 Å². The third-order valence-corrected chi connectivity index (χ3v) is 5.95. The number of hydrogen-bond donors (Lipinski definition) is 1. The Bertz CT molecular complexity index is 654. The number of piperidine rings is 1. The summed E-state index contributed by atoms with van der Waals surface area (Å²) in [5, 5.41) is 9.64. The van der Waals surface area contributed by atoms with Crippen LogP contribution in [0.15, 0.2) is 24.3 Å². The van der Waals surface area contributed by atoms with E-state index >= 15 is 0 Å². The Balaban J connectivity index is 1.61. The van der Waals surface area contributed by atoms with E-state index in [1.807, 2.05) is 12.1 Å². The van der Waals surface area contributed by atoms with Crippen LogP contribution in [-0.4, -0.2) is 47.7 Å². The Kier molecular flexibility index (Phi) is 5.61. The Morgan fingerprint density at radius 1 is 1.23 bits per heavy atom. The largest absolute Gasteiger partial charge is 0.480 e. The molecule has 1 aliphatic carbocycles. The zero-order chi connectivity index (χ0) is 18.7. The monoisotopic (exact) mass is 363 g/mol. The van der Waals surface area contributed by atoms with Crippen LogP contribution < -0.4 is 0 Å². The number of nitrogens with zero attached hydrogens (tertiary/aromatic N) is 1. The Morgan fingerprint density at radius 3 is 2.46 bits per heavy atom. The van der Waals surface area contributed by atoms with Crippen molar-refractivity contribution in [2.75, 3.05) is 19.7 Å². The molecule has 5 nitrogen and oxygen atoms in total. The molecule has 0 radical (unpaired) electrons. The molecule has 3 rings (SSSR count). The van der Waals surface area contributed by atoms with Crippen LogP contribution >= 0.6 is 0 Å². The first-order valence-corrected chi connectivity index (χ1v) is 9.36. The molecule has 0 spiro atoms. The van der Waals surface area contributed by atoms with Crippen LogP contribution in [0.25, 0.3) is 0 Å². The van der Waals surface area contributed by atoms with Crippen molar-refractivity contribution in [1.29, 1.82) is 0 Å². The van der Waals surface area contributed by atoms with Crippen LogP contribution in [0.2, 0.25) is 0 Å². The average Bonchev–Trinajstić information content (AvgIpc) is 3.10. The molecule has 1 aromatic rings. The quantitative estimate of drug-likeness (QED) is 0.643. The minimum absolute atomic E-state index is 0.102. The highest BCUT2D eigenvalue weighted by atomic mass is 19.1. The van der Waals surface area contributed by atoms with Crippen molar-refractivity contribution in [3.63, 3.8) is 0 Å². The van der Waals surface area contributed by atoms with Gasteiger partial charge in [0.15, 0.2) is 5.41 Å². The van der Waals surface area contributed by atoms with Gasteiger partial charge in [-0.2, -0.15) is 0 Å². The number of esters is 1. The molecule has 2 atom stereocenters. The van der Waals surface area contributed by atoms with Gasteiger partial charge in [-0.1, -0.05) is 12.1 Å². The molecule has 2 fully saturated rings. The normalized spacial score (nSPS) is 27.4. The van der Waals surface area contributed by atoms with Crippen LogP contribution in [-0.2, 0) is 14.3 Å². The maximum atomic E-state index is 13.1. The van der Waals surface area contributed by atoms with Gasteiger partial charge in [-0.3, -0.25) is 9.59 Å². The van der Waals surface area contributed by atoms with Gasteiger partial charge in [-0.25, -0.2) is 4.39 Å². The zero-order valence-electron chi connectivity index (χ0n) is 15.1. The molecule has 1 saturated heterocycles. The van der Waals surface area contributed by atoms with Gasteiger partial charge in [0.1, 0.15) is 5.82 Å². The lowest BCUT2D eigenvalue weighted by molar-refractivity contribution is -0.168. The number of ether oxygens (including phenoxy) is 1. The highest BCUT2D eigenvalue weighted by Crippen LogP contribution is 2.43. The van der Waals surface area contributed by atoms with Gasteiger partial charge in [0.05, 0.1) is 6.61 Å². The van der Waals surface area contributed by atoms with Crippen LogP contribution in [0, 0.1) is 11.2 Å². The Labute approximate surface area is 153 Å². The zero-order valence-corrected chi connectivity index (χ0v) is 15.1. The fourth-order valence-electron chi connectivity index (χ4n) is 4.40. The predicted octanol–water partition coefficient (Wildman–Crippen LogP) is 3.19. The Morgan fingerprint density at radius 2 is 1.88 bits per heavy atom. The molecule has 6 heteroatoms. The van der Waals surface area contributed by atoms with Crippen molar-refractivity contribution in [2.45, 2.75) is 51.0 Å². The molecular weight excluding hydrogens is 337 g/mol. The van der Waals surface area contributed by atoms with Crippen molar-refractivity contribution < 1.29 is 23.8 Å². The average molecular weight is 363 g/mol. The molecule has 0 bridgehead atoms. The number of carboxylic acid groups (broad SMARTS) is 1. The van der Waals surface area contributed by atoms with Crippen molar-refractivity contribution in [2.24, 2.45) is 5.41 Å². The summed E-state index contributed by atoms with van der Waals surface area (Å²) in [6.07, 6.45) is 3.28. The standard InChI is InChI=1S/C20H26FNO4/c1-2-26-19(25)20(18(23)24)10-7-17(13-20)22-11-8-15(9-12-22)14-3-5-16(21)6-4-14/h3-6,15,17H,2,7-13H2,1H3,(H,23,24)/t17-,20-/m1/s1. The van der Waals surface area contributed by atoms with E-state index in [0.29, 0.717) is 25.2 Å². The summed E-state index contributed by atoms with van der Waals surface area (Å²) >= 11 is 0. The maximum absolute atomic E-state index is 13.1. The molecule has 26 heavy (non-hydrogen) atoms. The number of likely N-dealkylation sites (tertiary alicyclic amines) is 1. The van der Waals surface area contributed by atoms with E-state index < -0.39 is 17.4 Å². The summed E-state index contributed by atoms with van der Waals surface area (Å²) in [4.78, 5) is 26.3. The lowest BCUT2D eigenvalue weighted by atomic mass is 9.85. The SMILES string of the molecule is CCOC(=O)[C@]1(C(=O)O)CC[C@@H](N2CCC(c3ccc(F)cc3)CC2)C1. The van der Waals surface area contributed by atoms with Gasteiger partial charge in [-0.05, 0) is 75.7 Å². The summed E-state index contributed by atoms with van der Waals surface area (Å²) in [5.74, 6) is -1.49. The number of carbonyl (C=O) groups excluding carboxylic acids is 1. The summed E-state index contributed by atoms with van der Waals surface area (Å²) in [6, 6.07) is 6.80. The van der Waals surface area contributed by atoms with Crippen LogP contribution in [0.3, 0.4) is 0 Å². The number of carboxylic acids is 1. The van der Waals surface area contributed by atoms with Gasteiger partial charge in [0.25, 0.3) is 0 Å². The van der Waals surface area contributed by atoms with Gasteiger partial charge in [0, 0.05) is 6.04 Å². The van der Waals surface area contributed by atoms with Crippen molar-refractivity contribution >= 4 is 11.9 Å². The summed E-state index contributed by atoms with van der Waals surface area (Å²) in [6.45, 7) is 3.62. The predicted molar refractivity (Wildman–Crippen MR) is 94.3 cm³/mol. The fourth-order valence-corrected chi connectivity index (χ4v) is 4.40. The van der Waals surface area contributed by atoms with Crippen molar-refractivity contribution in [3.05, 3.63) is 35.6 Å². The minimum Gasteiger partial charge on any atom is -0.480 e. The summed E-state index contributed by atoms with van der Waals surface area (Å²) in [7, 11) is 0. The molecule has 1 saturated carbocycles. The van der Waals surface area contributed by atoms with E-state index in [2.05, 4.69) is 4.90 Å². The number of benzene rings is 1. The topological polar surface area (TPSA) is 66.8 Å². The lowest BCUT2D eigenvalue weighted by Gasteiger charge is -2.36. The molecule has 1 aromatic carbocycles. The first-order valence-electron chi connectivity index (χ1n) is 9.36. The minimum atomic E-state index is -1.39. The number of carbonyl (C=O) groups is 2. The van der Waals surface area contributed by atoms with Crippen LogP contribution in [0.4, 0.5) is 4.39 Å². The summed E-state index contributed by atoms with van der Waals surface area (Å²) < 4.78 is 18.1. The van der Waals surface area contributed by atoms with E-state index in [1.165, 1.54) is 12.1 Å². The number of rotatable bonds is 5. The molecule has 0 unspecified atom stereocenters. The van der Waals surface area contributed by atoms with Gasteiger partial charge >= 0.3 is 11.9 Å². The first-order chi connectivity index (χ1) is 12.5. The van der Waals surface area contributed by atoms with Gasteiger partial charge in [-0.15, -0.1) is 0 Å². The molecule has 0 aromatic heterocycles. The van der Waals surface area contributed by atoms with Crippen LogP contribution in [0.1, 0.15) is 50.5 Å². The fraction of sp³-hybridized carbons (Fsp3) is 0.600. The van der Waals surface area contributed by atoms with E-state index in [4.69, 9.17) is 4.74 Å². The second kappa shape index (κ2) is 7.74. The smallest absolute Gasteiger partial charge is 0.323 e. The molecular formula is C20H26FNO4. The molecule has 1 heterocycles. The van der Waals surface area contributed by atoms with E-state index in [-0.39, 0.29) is 18.5 Å². The highest BCUT2D eigenvalue weighted by molar-refractivity contribution is 5.99. The van der Waals surface area contributed by atoms with E-state index in [0.717, 1.165) is 31.5 Å².